The molecule has 0 bridgehead atoms. The van der Waals surface area contributed by atoms with E-state index in [2.05, 4.69) is 10.3 Å². The molecular formula is C16H21N3O2. The van der Waals surface area contributed by atoms with Gasteiger partial charge in [0.2, 0.25) is 5.91 Å². The molecule has 0 unspecified atom stereocenters. The number of nitrogens with one attached hydrogen (secondary N) is 1. The molecule has 2 amide bonds. The normalized spacial score (nSPS) is 21.9. The highest BCUT2D eigenvalue weighted by atomic mass is 16.2. The molecule has 5 nitrogen and oxygen atoms in total. The van der Waals surface area contributed by atoms with Crippen molar-refractivity contribution in [2.45, 2.75) is 25.7 Å². The van der Waals surface area contributed by atoms with Gasteiger partial charge in [0.1, 0.15) is 5.69 Å². The van der Waals surface area contributed by atoms with Gasteiger partial charge in [-0.25, -0.2) is 0 Å². The van der Waals surface area contributed by atoms with E-state index in [1.807, 2.05) is 6.07 Å². The summed E-state index contributed by atoms with van der Waals surface area (Å²) < 4.78 is 0. The molecule has 0 aromatic carbocycles. The third-order valence-electron chi connectivity index (χ3n) is 4.23. The summed E-state index contributed by atoms with van der Waals surface area (Å²) in [5, 5.41) is 3.02. The molecule has 21 heavy (non-hydrogen) atoms. The van der Waals surface area contributed by atoms with Crippen LogP contribution < -0.4 is 5.32 Å². The first-order valence-corrected chi connectivity index (χ1v) is 7.72. The van der Waals surface area contributed by atoms with Crippen LogP contribution in [0.4, 0.5) is 0 Å². The lowest BCUT2D eigenvalue weighted by molar-refractivity contribution is -0.126. The Morgan fingerprint density at radius 3 is 2.86 bits per heavy atom. The Balaban J connectivity index is 1.57. The highest BCUT2D eigenvalue weighted by Gasteiger charge is 2.30. The van der Waals surface area contributed by atoms with Gasteiger partial charge in [0, 0.05) is 25.8 Å². The summed E-state index contributed by atoms with van der Waals surface area (Å²) in [6, 6.07) is 5.32. The second-order valence-electron chi connectivity index (χ2n) is 5.99. The fourth-order valence-corrected chi connectivity index (χ4v) is 2.74. The minimum Gasteiger partial charge on any atom is -0.356 e. The van der Waals surface area contributed by atoms with Crippen LogP contribution in [0.5, 0.6) is 0 Å². The van der Waals surface area contributed by atoms with E-state index in [1.54, 1.807) is 23.2 Å². The molecule has 1 N–H and O–H groups in total. The van der Waals surface area contributed by atoms with Crippen molar-refractivity contribution in [3.63, 3.8) is 0 Å². The van der Waals surface area contributed by atoms with Crippen LogP contribution in [-0.4, -0.2) is 41.3 Å². The van der Waals surface area contributed by atoms with E-state index >= 15 is 0 Å². The Hall–Kier alpha value is -1.91. The minimum absolute atomic E-state index is 0.0738. The van der Waals surface area contributed by atoms with Gasteiger partial charge < -0.3 is 10.2 Å². The number of rotatable bonds is 4. The molecule has 1 aliphatic heterocycles. The predicted octanol–water partition coefficient (Wildman–Crippen LogP) is 1.46. The van der Waals surface area contributed by atoms with E-state index in [4.69, 9.17) is 0 Å². The van der Waals surface area contributed by atoms with Gasteiger partial charge in [-0.15, -0.1) is 0 Å². The van der Waals surface area contributed by atoms with Gasteiger partial charge in [0.15, 0.2) is 0 Å². The van der Waals surface area contributed by atoms with Crippen molar-refractivity contribution in [3.05, 3.63) is 30.1 Å². The number of aromatic nitrogens is 1. The fraction of sp³-hybridized carbons (Fsp3) is 0.562. The SMILES string of the molecule is O=C(NCC1CC1)[C@@H]1CCCN(C(=O)c2ccccn2)C1. The van der Waals surface area contributed by atoms with Gasteiger partial charge in [-0.1, -0.05) is 6.07 Å². The van der Waals surface area contributed by atoms with Gasteiger partial charge in [0.05, 0.1) is 5.92 Å². The maximum absolute atomic E-state index is 12.4. The second kappa shape index (κ2) is 6.24. The third-order valence-corrected chi connectivity index (χ3v) is 4.23. The molecular weight excluding hydrogens is 266 g/mol. The molecule has 1 saturated carbocycles. The maximum atomic E-state index is 12.4. The summed E-state index contributed by atoms with van der Waals surface area (Å²) >= 11 is 0. The predicted molar refractivity (Wildman–Crippen MR) is 78.6 cm³/mol. The topological polar surface area (TPSA) is 62.3 Å². The third kappa shape index (κ3) is 3.60. The second-order valence-corrected chi connectivity index (χ2v) is 5.99. The standard InChI is InChI=1S/C16H21N3O2/c20-15(18-10-12-6-7-12)13-4-3-9-19(11-13)16(21)14-5-1-2-8-17-14/h1-2,5,8,12-13H,3-4,6-7,9-11H2,(H,18,20)/t13-/m1/s1. The average Bonchev–Trinajstić information content (AvgIpc) is 3.37. The number of carbonyl (C=O) groups excluding carboxylic acids is 2. The van der Waals surface area contributed by atoms with Crippen molar-refractivity contribution in [3.8, 4) is 0 Å². The molecule has 1 aliphatic carbocycles. The van der Waals surface area contributed by atoms with Crippen LogP contribution in [0.3, 0.4) is 0 Å². The molecule has 112 valence electrons. The maximum Gasteiger partial charge on any atom is 0.272 e. The average molecular weight is 287 g/mol. The smallest absolute Gasteiger partial charge is 0.272 e. The molecule has 0 spiro atoms. The number of carbonyl (C=O) groups is 2. The molecule has 2 fully saturated rings. The zero-order valence-electron chi connectivity index (χ0n) is 12.1. The summed E-state index contributed by atoms with van der Waals surface area (Å²) in [5.74, 6) is 0.629. The summed E-state index contributed by atoms with van der Waals surface area (Å²) in [5.41, 5.74) is 0.455. The lowest BCUT2D eigenvalue weighted by Crippen LogP contribution is -2.45. The number of pyridine rings is 1. The van der Waals surface area contributed by atoms with Crippen molar-refractivity contribution in [1.29, 1.82) is 0 Å². The first-order chi connectivity index (χ1) is 10.2. The summed E-state index contributed by atoms with van der Waals surface area (Å²) in [7, 11) is 0. The van der Waals surface area contributed by atoms with Gasteiger partial charge in [0.25, 0.3) is 5.91 Å². The summed E-state index contributed by atoms with van der Waals surface area (Å²) in [4.78, 5) is 30.4. The Labute approximate surface area is 124 Å². The molecule has 0 radical (unpaired) electrons. The highest BCUT2D eigenvalue weighted by Crippen LogP contribution is 2.28. The number of nitrogens with zero attached hydrogens (tertiary/aromatic N) is 2. The van der Waals surface area contributed by atoms with Crippen LogP contribution in [0.2, 0.25) is 0 Å². The number of likely N-dealkylation sites (tertiary alicyclic amines) is 1. The molecule has 2 heterocycles. The van der Waals surface area contributed by atoms with E-state index < -0.39 is 0 Å². The van der Waals surface area contributed by atoms with Crippen molar-refractivity contribution >= 4 is 11.8 Å². The summed E-state index contributed by atoms with van der Waals surface area (Å²) in [6.07, 6.45) is 5.82. The number of hydrogen-bond acceptors (Lipinski definition) is 3. The molecule has 2 aliphatic rings. The van der Waals surface area contributed by atoms with E-state index in [1.165, 1.54) is 12.8 Å². The van der Waals surface area contributed by atoms with E-state index in [9.17, 15) is 9.59 Å². The van der Waals surface area contributed by atoms with Gasteiger partial charge in [-0.05, 0) is 43.7 Å². The Morgan fingerprint density at radius 2 is 2.14 bits per heavy atom. The first-order valence-electron chi connectivity index (χ1n) is 7.72. The Bertz CT molecular complexity index is 514. The molecule has 1 aromatic heterocycles. The zero-order valence-corrected chi connectivity index (χ0v) is 12.1. The molecule has 5 heteroatoms. The van der Waals surface area contributed by atoms with E-state index in [0.29, 0.717) is 24.7 Å². The van der Waals surface area contributed by atoms with Crippen LogP contribution in [0.1, 0.15) is 36.2 Å². The van der Waals surface area contributed by atoms with Crippen LogP contribution >= 0.6 is 0 Å². The van der Waals surface area contributed by atoms with Gasteiger partial charge in [-0.3, -0.25) is 14.6 Å². The van der Waals surface area contributed by atoms with Crippen LogP contribution in [-0.2, 0) is 4.79 Å². The minimum atomic E-state index is -0.0786. The van der Waals surface area contributed by atoms with Crippen molar-refractivity contribution in [2.75, 3.05) is 19.6 Å². The van der Waals surface area contributed by atoms with Crippen molar-refractivity contribution in [1.82, 2.24) is 15.2 Å². The molecule has 1 aromatic rings. The Morgan fingerprint density at radius 1 is 1.29 bits per heavy atom. The molecule has 1 atom stereocenters. The fourth-order valence-electron chi connectivity index (χ4n) is 2.74. The lowest BCUT2D eigenvalue weighted by Gasteiger charge is -2.31. The van der Waals surface area contributed by atoms with Crippen molar-refractivity contribution < 1.29 is 9.59 Å². The van der Waals surface area contributed by atoms with Crippen LogP contribution in [0.25, 0.3) is 0 Å². The number of piperidine rings is 1. The number of amides is 2. The van der Waals surface area contributed by atoms with Crippen LogP contribution in [0.15, 0.2) is 24.4 Å². The Kier molecular flexibility index (Phi) is 4.18. The quantitative estimate of drug-likeness (QED) is 0.912. The first kappa shape index (κ1) is 14.0. The largest absolute Gasteiger partial charge is 0.356 e. The van der Waals surface area contributed by atoms with Crippen molar-refractivity contribution in [2.24, 2.45) is 11.8 Å². The highest BCUT2D eigenvalue weighted by molar-refractivity contribution is 5.92. The summed E-state index contributed by atoms with van der Waals surface area (Å²) in [6.45, 7) is 2.01. The molecule has 1 saturated heterocycles. The zero-order chi connectivity index (χ0) is 14.7. The monoisotopic (exact) mass is 287 g/mol. The van der Waals surface area contributed by atoms with Crippen LogP contribution in [0, 0.1) is 11.8 Å². The van der Waals surface area contributed by atoms with Gasteiger partial charge in [-0.2, -0.15) is 0 Å². The van der Waals surface area contributed by atoms with E-state index in [-0.39, 0.29) is 17.7 Å². The number of hydrogen-bond donors (Lipinski definition) is 1. The lowest BCUT2D eigenvalue weighted by atomic mass is 9.96. The van der Waals surface area contributed by atoms with Gasteiger partial charge >= 0.3 is 0 Å². The molecule has 3 rings (SSSR count). The van der Waals surface area contributed by atoms with E-state index in [0.717, 1.165) is 19.4 Å².